The third kappa shape index (κ3) is 4.07. The van der Waals surface area contributed by atoms with E-state index in [2.05, 4.69) is 20.2 Å². The number of nitrogens with one attached hydrogen (secondary N) is 1. The van der Waals surface area contributed by atoms with Crippen molar-refractivity contribution in [1.82, 2.24) is 19.2 Å². The highest BCUT2D eigenvalue weighted by Crippen LogP contribution is 2.32. The number of aromatic nitrogens is 4. The van der Waals surface area contributed by atoms with E-state index in [1.54, 1.807) is 16.3 Å². The molecule has 9 heteroatoms. The summed E-state index contributed by atoms with van der Waals surface area (Å²) in [6, 6.07) is 3.74. The molecule has 3 N–H and O–H groups in total. The van der Waals surface area contributed by atoms with Gasteiger partial charge in [0.2, 0.25) is 0 Å². The lowest BCUT2D eigenvalue weighted by Crippen LogP contribution is -2.25. The number of hydrogen-bond acceptors (Lipinski definition) is 6. The van der Waals surface area contributed by atoms with Gasteiger partial charge in [-0.1, -0.05) is 13.0 Å². The number of thioether (sulfide) groups is 1. The number of nitrogens with two attached hydrogens (primary N) is 1. The topological polar surface area (TPSA) is 94.6 Å². The van der Waals surface area contributed by atoms with Crippen molar-refractivity contribution in [3.8, 4) is 0 Å². The first-order valence-electron chi connectivity index (χ1n) is 9.48. The fraction of sp³-hybridized carbons (Fsp3) is 0.400. The van der Waals surface area contributed by atoms with Gasteiger partial charge in [-0.2, -0.15) is 16.9 Å². The summed E-state index contributed by atoms with van der Waals surface area (Å²) in [5.74, 6) is 1.59. The van der Waals surface area contributed by atoms with Gasteiger partial charge in [-0.05, 0) is 32.1 Å². The highest BCUT2D eigenvalue weighted by Gasteiger charge is 2.18. The molecule has 3 heterocycles. The standard InChI is InChI=1S/C20H25N7OS/c1-5-15-13(2)25-27-17(21)16(22-3)18(24-19(15)27)23-9-8-14-7-6-10-26(20(14)28)11-12-29-4/h6-7,10H,5,8-9,11-12,21H2,1-2,4H3,(H,23,24). The minimum atomic E-state index is 0.0244. The van der Waals surface area contributed by atoms with Gasteiger partial charge < -0.3 is 15.6 Å². The molecule has 0 bridgehead atoms. The number of nitrogen functional groups attached to an aromatic ring is 1. The van der Waals surface area contributed by atoms with Crippen LogP contribution in [0.1, 0.15) is 23.7 Å². The number of aryl methyl sites for hydroxylation is 3. The van der Waals surface area contributed by atoms with Crippen molar-refractivity contribution in [2.24, 2.45) is 0 Å². The maximum absolute atomic E-state index is 12.6. The zero-order chi connectivity index (χ0) is 21.0. The lowest BCUT2D eigenvalue weighted by atomic mass is 10.2. The Morgan fingerprint density at radius 3 is 2.90 bits per heavy atom. The van der Waals surface area contributed by atoms with Crippen LogP contribution in [0.15, 0.2) is 23.1 Å². The van der Waals surface area contributed by atoms with Crippen molar-refractivity contribution >= 4 is 34.7 Å². The maximum atomic E-state index is 12.6. The molecule has 0 fully saturated rings. The van der Waals surface area contributed by atoms with E-state index in [0.717, 1.165) is 29.0 Å². The molecule has 8 nitrogen and oxygen atoms in total. The van der Waals surface area contributed by atoms with Gasteiger partial charge in [-0.3, -0.25) is 4.79 Å². The summed E-state index contributed by atoms with van der Waals surface area (Å²) in [5, 5.41) is 7.62. The van der Waals surface area contributed by atoms with Crippen LogP contribution in [-0.4, -0.2) is 37.7 Å². The molecular weight excluding hydrogens is 386 g/mol. The highest BCUT2D eigenvalue weighted by molar-refractivity contribution is 7.98. The molecule has 0 aliphatic carbocycles. The summed E-state index contributed by atoms with van der Waals surface area (Å²) in [5.41, 5.74) is 9.72. The molecule has 0 aliphatic rings. The van der Waals surface area contributed by atoms with Crippen LogP contribution in [-0.2, 0) is 19.4 Å². The van der Waals surface area contributed by atoms with Crippen LogP contribution < -0.4 is 16.6 Å². The largest absolute Gasteiger partial charge is 0.392 e. The summed E-state index contributed by atoms with van der Waals surface area (Å²) in [6.07, 6.45) is 5.15. The number of hydrogen-bond donors (Lipinski definition) is 2. The Balaban J connectivity index is 1.84. The van der Waals surface area contributed by atoms with Crippen molar-refractivity contribution in [2.75, 3.05) is 29.6 Å². The first kappa shape index (κ1) is 20.7. The van der Waals surface area contributed by atoms with E-state index in [0.29, 0.717) is 31.0 Å². The van der Waals surface area contributed by atoms with Gasteiger partial charge in [0.05, 0.1) is 12.3 Å². The molecule has 3 aromatic rings. The number of pyridine rings is 1. The van der Waals surface area contributed by atoms with Crippen molar-refractivity contribution in [3.05, 3.63) is 56.9 Å². The molecule has 0 saturated carbocycles. The normalized spacial score (nSPS) is 11.0. The number of nitrogens with zero attached hydrogens (tertiary/aromatic N) is 5. The van der Waals surface area contributed by atoms with Gasteiger partial charge in [0, 0.05) is 36.2 Å². The van der Waals surface area contributed by atoms with Gasteiger partial charge in [0.1, 0.15) is 11.6 Å². The van der Waals surface area contributed by atoms with Gasteiger partial charge >= 0.3 is 0 Å². The van der Waals surface area contributed by atoms with E-state index >= 15 is 0 Å². The van der Waals surface area contributed by atoms with Crippen LogP contribution in [0.5, 0.6) is 0 Å². The van der Waals surface area contributed by atoms with Crippen molar-refractivity contribution < 1.29 is 0 Å². The Morgan fingerprint density at radius 2 is 2.21 bits per heavy atom. The van der Waals surface area contributed by atoms with Crippen LogP contribution in [0, 0.1) is 13.5 Å². The second kappa shape index (κ2) is 9.01. The Kier molecular flexibility index (Phi) is 6.44. The van der Waals surface area contributed by atoms with E-state index in [9.17, 15) is 4.79 Å². The molecule has 0 spiro atoms. The molecule has 0 atom stereocenters. The van der Waals surface area contributed by atoms with Crippen LogP contribution in [0.4, 0.5) is 17.3 Å². The lowest BCUT2D eigenvalue weighted by molar-refractivity contribution is 0.722. The second-order valence-corrected chi connectivity index (χ2v) is 7.65. The second-order valence-electron chi connectivity index (χ2n) is 6.66. The Labute approximate surface area is 174 Å². The van der Waals surface area contributed by atoms with Crippen molar-refractivity contribution in [2.45, 2.75) is 33.2 Å². The molecule has 0 unspecified atom stereocenters. The molecule has 0 saturated heterocycles. The SMILES string of the molecule is [C-]#[N+]c1c(NCCc2cccn(CCSC)c2=O)nc2c(CC)c(C)nn2c1N. The molecule has 3 aromatic heterocycles. The monoisotopic (exact) mass is 411 g/mol. The van der Waals surface area contributed by atoms with Crippen molar-refractivity contribution in [1.29, 1.82) is 0 Å². The summed E-state index contributed by atoms with van der Waals surface area (Å²) in [7, 11) is 0. The molecule has 152 valence electrons. The quantitative estimate of drug-likeness (QED) is 0.554. The number of anilines is 2. The summed E-state index contributed by atoms with van der Waals surface area (Å²) in [6.45, 7) is 12.6. The minimum absolute atomic E-state index is 0.0244. The van der Waals surface area contributed by atoms with E-state index in [1.165, 1.54) is 4.52 Å². The van der Waals surface area contributed by atoms with Crippen LogP contribution in [0.25, 0.3) is 10.5 Å². The first-order chi connectivity index (χ1) is 14.0. The van der Waals surface area contributed by atoms with Crippen LogP contribution >= 0.6 is 11.8 Å². The molecule has 0 radical (unpaired) electrons. The van der Waals surface area contributed by atoms with Crippen LogP contribution in [0.2, 0.25) is 0 Å². The zero-order valence-corrected chi connectivity index (χ0v) is 17.7. The Bertz CT molecular complexity index is 1130. The summed E-state index contributed by atoms with van der Waals surface area (Å²) < 4.78 is 3.27. The fourth-order valence-corrected chi connectivity index (χ4v) is 3.70. The summed E-state index contributed by atoms with van der Waals surface area (Å²) in [4.78, 5) is 20.8. The smallest absolute Gasteiger partial charge is 0.268 e. The van der Waals surface area contributed by atoms with Crippen molar-refractivity contribution in [3.63, 3.8) is 0 Å². The van der Waals surface area contributed by atoms with E-state index < -0.39 is 0 Å². The maximum Gasteiger partial charge on any atom is 0.268 e. The van der Waals surface area contributed by atoms with E-state index in [4.69, 9.17) is 12.3 Å². The van der Waals surface area contributed by atoms with Gasteiger partial charge in [0.15, 0.2) is 5.65 Å². The Morgan fingerprint density at radius 1 is 1.41 bits per heavy atom. The highest BCUT2D eigenvalue weighted by atomic mass is 32.2. The average Bonchev–Trinajstić information content (AvgIpc) is 3.04. The predicted octanol–water partition coefficient (Wildman–Crippen LogP) is 2.91. The lowest BCUT2D eigenvalue weighted by Gasteiger charge is -2.12. The molecule has 0 aromatic carbocycles. The predicted molar refractivity (Wildman–Crippen MR) is 119 cm³/mol. The molecular formula is C20H25N7OS. The van der Waals surface area contributed by atoms with E-state index in [1.807, 2.05) is 38.4 Å². The zero-order valence-electron chi connectivity index (χ0n) is 16.9. The van der Waals surface area contributed by atoms with Crippen LogP contribution in [0.3, 0.4) is 0 Å². The third-order valence-corrected chi connectivity index (χ3v) is 5.45. The fourth-order valence-electron chi connectivity index (χ4n) is 3.32. The van der Waals surface area contributed by atoms with Gasteiger partial charge in [-0.15, -0.1) is 0 Å². The number of rotatable bonds is 8. The number of fused-ring (bicyclic) bond motifs is 1. The summed E-state index contributed by atoms with van der Waals surface area (Å²) >= 11 is 1.71. The molecule has 0 amide bonds. The molecule has 3 rings (SSSR count). The molecule has 0 aliphatic heterocycles. The van der Waals surface area contributed by atoms with Gasteiger partial charge in [0.25, 0.3) is 11.2 Å². The molecule has 29 heavy (non-hydrogen) atoms. The van der Waals surface area contributed by atoms with E-state index in [-0.39, 0.29) is 17.1 Å². The Hall–Kier alpha value is -2.99. The third-order valence-electron chi connectivity index (χ3n) is 4.86. The minimum Gasteiger partial charge on any atom is -0.392 e. The van der Waals surface area contributed by atoms with Gasteiger partial charge in [-0.25, -0.2) is 14.3 Å². The first-order valence-corrected chi connectivity index (χ1v) is 10.9. The average molecular weight is 412 g/mol.